The van der Waals surface area contributed by atoms with Gasteiger partial charge in [0.05, 0.1) is 28.3 Å². The molecule has 0 radical (unpaired) electrons. The standard InChI is InChI=1S/C31H29BrFN5O4/c1-30(29(34)40)15-42-27-21(30)12-24(36-26(27)20-3-2-4-22(32)25(20)33)31(41,18-6-7-18)14-35-28(39)16-5-10-23-17(11-16)13-38(37-23)19-8-9-19/h2-5,10-13,18-19,41H,6-9,14-15H2,1H3,(H2,34,40)(H,35,39)/t30-,31+/m0/s1. The molecule has 11 heteroatoms. The average molecular weight is 635 g/mol. The lowest BCUT2D eigenvalue weighted by Gasteiger charge is -2.30. The first-order chi connectivity index (χ1) is 20.1. The van der Waals surface area contributed by atoms with E-state index in [1.54, 1.807) is 43.3 Å². The van der Waals surface area contributed by atoms with Gasteiger partial charge in [0.15, 0.2) is 0 Å². The van der Waals surface area contributed by atoms with Gasteiger partial charge in [-0.15, -0.1) is 0 Å². The van der Waals surface area contributed by atoms with E-state index >= 15 is 4.39 Å². The highest BCUT2D eigenvalue weighted by Gasteiger charge is 2.50. The second-order valence-corrected chi connectivity index (χ2v) is 12.7. The number of hydrogen-bond donors (Lipinski definition) is 3. The van der Waals surface area contributed by atoms with Crippen LogP contribution in [-0.4, -0.2) is 44.8 Å². The van der Waals surface area contributed by atoms with Crippen molar-refractivity contribution < 1.29 is 23.8 Å². The third-order valence-electron chi connectivity index (χ3n) is 8.74. The molecule has 2 fully saturated rings. The molecule has 0 saturated heterocycles. The maximum absolute atomic E-state index is 15.3. The van der Waals surface area contributed by atoms with Crippen molar-refractivity contribution in [2.24, 2.45) is 11.7 Å². The van der Waals surface area contributed by atoms with Crippen LogP contribution in [0, 0.1) is 11.7 Å². The molecule has 3 aliphatic rings. The van der Waals surface area contributed by atoms with Crippen LogP contribution >= 0.6 is 15.9 Å². The van der Waals surface area contributed by atoms with Gasteiger partial charge in [0.25, 0.3) is 5.91 Å². The monoisotopic (exact) mass is 633 g/mol. The number of ether oxygens (including phenoxy) is 1. The van der Waals surface area contributed by atoms with Crippen LogP contribution in [0.2, 0.25) is 0 Å². The minimum absolute atomic E-state index is 0.0379. The van der Waals surface area contributed by atoms with E-state index in [0.717, 1.165) is 36.6 Å². The summed E-state index contributed by atoms with van der Waals surface area (Å²) in [6.07, 6.45) is 5.62. The van der Waals surface area contributed by atoms with Crippen molar-refractivity contribution in [2.75, 3.05) is 13.2 Å². The molecule has 2 amide bonds. The smallest absolute Gasteiger partial charge is 0.251 e. The molecular weight excluding hydrogens is 605 g/mol. The molecule has 0 spiro atoms. The van der Waals surface area contributed by atoms with Gasteiger partial charge in [-0.3, -0.25) is 14.3 Å². The van der Waals surface area contributed by atoms with Crippen LogP contribution in [-0.2, 0) is 15.8 Å². The van der Waals surface area contributed by atoms with Crippen LogP contribution in [0.5, 0.6) is 5.75 Å². The maximum atomic E-state index is 15.3. The molecule has 2 atom stereocenters. The Morgan fingerprint density at radius 3 is 2.74 bits per heavy atom. The average Bonchev–Trinajstić information content (AvgIpc) is 3.92. The predicted octanol–water partition coefficient (Wildman–Crippen LogP) is 4.50. The van der Waals surface area contributed by atoms with E-state index < -0.39 is 22.7 Å². The van der Waals surface area contributed by atoms with Crippen molar-refractivity contribution in [3.63, 3.8) is 0 Å². The largest absolute Gasteiger partial charge is 0.489 e. The molecular formula is C31H29BrFN5O4. The quantitative estimate of drug-likeness (QED) is 0.262. The second-order valence-electron chi connectivity index (χ2n) is 11.8. The second kappa shape index (κ2) is 9.60. The first-order valence-corrected chi connectivity index (χ1v) is 14.8. The number of nitrogens with zero attached hydrogens (tertiary/aromatic N) is 3. The summed E-state index contributed by atoms with van der Waals surface area (Å²) in [6.45, 7) is 1.49. The fraction of sp³-hybridized carbons (Fsp3) is 0.355. The number of primary amides is 1. The van der Waals surface area contributed by atoms with Crippen LogP contribution in [0.15, 0.2) is 53.1 Å². The number of aliphatic hydroxyl groups is 1. The van der Waals surface area contributed by atoms with E-state index in [4.69, 9.17) is 15.5 Å². The summed E-state index contributed by atoms with van der Waals surface area (Å²) in [4.78, 5) is 30.6. The number of carbonyl (C=O) groups is 2. The number of halogens is 2. The number of aromatic nitrogens is 3. The molecule has 2 aromatic heterocycles. The Balaban J connectivity index is 1.26. The highest BCUT2D eigenvalue weighted by atomic mass is 79.9. The van der Waals surface area contributed by atoms with Gasteiger partial charge in [0.1, 0.15) is 34.9 Å². The van der Waals surface area contributed by atoms with Crippen LogP contribution in [0.25, 0.3) is 22.2 Å². The van der Waals surface area contributed by atoms with Crippen molar-refractivity contribution in [2.45, 2.75) is 49.7 Å². The number of carbonyl (C=O) groups excluding carboxylic acids is 2. The predicted molar refractivity (Wildman–Crippen MR) is 156 cm³/mol. The summed E-state index contributed by atoms with van der Waals surface area (Å²) in [6, 6.07) is 12.2. The fourth-order valence-electron chi connectivity index (χ4n) is 5.71. The lowest BCUT2D eigenvalue weighted by Crippen LogP contribution is -2.44. The number of nitrogens with one attached hydrogen (secondary N) is 1. The van der Waals surface area contributed by atoms with Gasteiger partial charge in [0.2, 0.25) is 5.91 Å². The molecule has 0 unspecified atom stereocenters. The van der Waals surface area contributed by atoms with Gasteiger partial charge >= 0.3 is 0 Å². The van der Waals surface area contributed by atoms with Gasteiger partial charge < -0.3 is 20.9 Å². The zero-order valence-electron chi connectivity index (χ0n) is 22.9. The number of benzene rings is 2. The maximum Gasteiger partial charge on any atom is 0.251 e. The minimum atomic E-state index is -1.58. The number of nitrogens with two attached hydrogens (primary N) is 1. The van der Waals surface area contributed by atoms with Crippen LogP contribution in [0.3, 0.4) is 0 Å². The Morgan fingerprint density at radius 2 is 2.02 bits per heavy atom. The van der Waals surface area contributed by atoms with E-state index in [1.807, 2.05) is 16.9 Å². The van der Waals surface area contributed by atoms with Crippen LogP contribution in [0.4, 0.5) is 4.39 Å². The molecule has 7 rings (SSSR count). The van der Waals surface area contributed by atoms with Crippen molar-refractivity contribution >= 4 is 38.6 Å². The Labute approximate surface area is 249 Å². The lowest BCUT2D eigenvalue weighted by molar-refractivity contribution is -0.123. The van der Waals surface area contributed by atoms with Gasteiger partial charge in [-0.25, -0.2) is 9.37 Å². The summed E-state index contributed by atoms with van der Waals surface area (Å²) < 4.78 is 23.4. The third kappa shape index (κ3) is 4.37. The number of rotatable bonds is 8. The SMILES string of the molecule is C[C@]1(C(N)=O)COc2c1cc([C@@](O)(CNC(=O)c1ccc3nn(C4CC4)cc3c1)C1CC1)nc2-c1cccc(Br)c1F. The zero-order valence-corrected chi connectivity index (χ0v) is 24.4. The first-order valence-electron chi connectivity index (χ1n) is 14.0. The van der Waals surface area contributed by atoms with Crippen LogP contribution in [0.1, 0.15) is 60.3 Å². The van der Waals surface area contributed by atoms with Crippen LogP contribution < -0.4 is 15.8 Å². The minimum Gasteiger partial charge on any atom is -0.489 e. The van der Waals surface area contributed by atoms with E-state index in [1.165, 1.54) is 0 Å². The number of fused-ring (bicyclic) bond motifs is 2. The Morgan fingerprint density at radius 1 is 1.24 bits per heavy atom. The number of hydrogen-bond acceptors (Lipinski definition) is 6. The summed E-state index contributed by atoms with van der Waals surface area (Å²) in [5.74, 6) is -1.45. The van der Waals surface area contributed by atoms with E-state index in [2.05, 4.69) is 26.3 Å². The molecule has 216 valence electrons. The van der Waals surface area contributed by atoms with Gasteiger partial charge in [-0.2, -0.15) is 5.10 Å². The molecule has 9 nitrogen and oxygen atoms in total. The first kappa shape index (κ1) is 27.0. The highest BCUT2D eigenvalue weighted by Crippen LogP contribution is 2.50. The number of pyridine rings is 1. The molecule has 4 N–H and O–H groups in total. The molecule has 2 aromatic carbocycles. The summed E-state index contributed by atoms with van der Waals surface area (Å²) in [7, 11) is 0. The topological polar surface area (TPSA) is 132 Å². The van der Waals surface area contributed by atoms with Crippen molar-refractivity contribution in [3.05, 3.63) is 75.8 Å². The lowest BCUT2D eigenvalue weighted by atomic mass is 9.81. The van der Waals surface area contributed by atoms with Crippen molar-refractivity contribution in [3.8, 4) is 17.0 Å². The highest BCUT2D eigenvalue weighted by molar-refractivity contribution is 9.10. The molecule has 2 saturated carbocycles. The molecule has 3 heterocycles. The molecule has 0 bridgehead atoms. The van der Waals surface area contributed by atoms with Gasteiger partial charge in [-0.05, 0) is 90.9 Å². The van der Waals surface area contributed by atoms with E-state index in [0.29, 0.717) is 17.2 Å². The Hall–Kier alpha value is -3.83. The van der Waals surface area contributed by atoms with Crippen molar-refractivity contribution in [1.82, 2.24) is 20.1 Å². The van der Waals surface area contributed by atoms with E-state index in [-0.39, 0.29) is 52.2 Å². The van der Waals surface area contributed by atoms with E-state index in [9.17, 15) is 14.7 Å². The number of amides is 2. The molecule has 2 aliphatic carbocycles. The normalized spacial score (nSPS) is 21.0. The summed E-state index contributed by atoms with van der Waals surface area (Å²) in [5, 5.41) is 20.5. The molecule has 42 heavy (non-hydrogen) atoms. The Kier molecular flexibility index (Phi) is 6.18. The molecule has 4 aromatic rings. The zero-order chi connectivity index (χ0) is 29.4. The Bertz CT molecular complexity index is 1780. The fourth-order valence-corrected chi connectivity index (χ4v) is 6.08. The summed E-state index contributed by atoms with van der Waals surface area (Å²) in [5.41, 5.74) is 5.24. The van der Waals surface area contributed by atoms with Gasteiger partial charge in [-0.1, -0.05) is 6.07 Å². The van der Waals surface area contributed by atoms with Gasteiger partial charge in [0, 0.05) is 28.3 Å². The molecule has 1 aliphatic heterocycles. The van der Waals surface area contributed by atoms with Crippen molar-refractivity contribution in [1.29, 1.82) is 0 Å². The third-order valence-corrected chi connectivity index (χ3v) is 9.36. The summed E-state index contributed by atoms with van der Waals surface area (Å²) >= 11 is 3.23.